The van der Waals surface area contributed by atoms with Crippen LogP contribution in [-0.2, 0) is 11.3 Å². The lowest BCUT2D eigenvalue weighted by atomic mass is 10.2. The van der Waals surface area contributed by atoms with Crippen LogP contribution in [0.4, 0.5) is 16.2 Å². The smallest absolute Gasteiger partial charge is 0.319 e. The minimum absolute atomic E-state index is 0.240. The Balaban J connectivity index is 1.62. The van der Waals surface area contributed by atoms with Gasteiger partial charge in [0.25, 0.3) is 0 Å². The zero-order valence-corrected chi connectivity index (χ0v) is 14.1. The molecule has 2 aromatic carbocycles. The van der Waals surface area contributed by atoms with Crippen molar-refractivity contribution in [1.82, 2.24) is 5.32 Å². The topological polar surface area (TPSA) is 53.6 Å². The van der Waals surface area contributed by atoms with E-state index in [1.165, 1.54) is 0 Å². The standard InChI is InChI=1S/C18H20ClN3O2/c19-15-5-3-4-14(12-15)13-20-18(23)21-16-6-1-2-7-17(16)22-8-10-24-11-9-22/h1-7,12H,8-11,13H2,(H2,20,21,23). The highest BCUT2D eigenvalue weighted by atomic mass is 35.5. The number of ether oxygens (including phenoxy) is 1. The molecule has 0 unspecified atom stereocenters. The van der Waals surface area contributed by atoms with E-state index >= 15 is 0 Å². The number of halogens is 1. The third-order valence-corrected chi connectivity index (χ3v) is 4.08. The molecular formula is C18H20ClN3O2. The summed E-state index contributed by atoms with van der Waals surface area (Å²) in [6.45, 7) is 3.47. The van der Waals surface area contributed by atoms with Gasteiger partial charge in [-0.05, 0) is 29.8 Å². The summed E-state index contributed by atoms with van der Waals surface area (Å²) in [5.41, 5.74) is 2.76. The summed E-state index contributed by atoms with van der Waals surface area (Å²) in [4.78, 5) is 14.4. The summed E-state index contributed by atoms with van der Waals surface area (Å²) in [6.07, 6.45) is 0. The van der Waals surface area contributed by atoms with Gasteiger partial charge in [0.1, 0.15) is 0 Å². The predicted molar refractivity (Wildman–Crippen MR) is 96.8 cm³/mol. The Hall–Kier alpha value is -2.24. The van der Waals surface area contributed by atoms with Crippen molar-refractivity contribution in [3.05, 3.63) is 59.1 Å². The fourth-order valence-corrected chi connectivity index (χ4v) is 2.87. The Morgan fingerprint density at radius 2 is 1.92 bits per heavy atom. The van der Waals surface area contributed by atoms with Crippen LogP contribution in [0.15, 0.2) is 48.5 Å². The zero-order valence-electron chi connectivity index (χ0n) is 13.3. The first-order valence-electron chi connectivity index (χ1n) is 7.93. The Morgan fingerprint density at radius 3 is 2.71 bits per heavy atom. The second-order valence-electron chi connectivity index (χ2n) is 5.55. The molecule has 0 bridgehead atoms. The zero-order chi connectivity index (χ0) is 16.8. The summed E-state index contributed by atoms with van der Waals surface area (Å²) < 4.78 is 5.39. The molecule has 1 aliphatic rings. The largest absolute Gasteiger partial charge is 0.378 e. The Labute approximate surface area is 146 Å². The molecule has 1 fully saturated rings. The van der Waals surface area contributed by atoms with Crippen molar-refractivity contribution < 1.29 is 9.53 Å². The molecule has 2 N–H and O–H groups in total. The molecule has 1 aliphatic heterocycles. The van der Waals surface area contributed by atoms with Gasteiger partial charge in [0.2, 0.25) is 0 Å². The van der Waals surface area contributed by atoms with Gasteiger partial charge in [-0.15, -0.1) is 0 Å². The maximum atomic E-state index is 12.2. The van der Waals surface area contributed by atoms with Gasteiger partial charge in [0.15, 0.2) is 0 Å². The lowest BCUT2D eigenvalue weighted by Gasteiger charge is -2.30. The average molecular weight is 346 g/mol. The second-order valence-corrected chi connectivity index (χ2v) is 5.99. The number of urea groups is 1. The summed E-state index contributed by atoms with van der Waals surface area (Å²) in [5, 5.41) is 6.44. The fourth-order valence-electron chi connectivity index (χ4n) is 2.66. The van der Waals surface area contributed by atoms with Crippen molar-refractivity contribution >= 4 is 29.0 Å². The number of anilines is 2. The van der Waals surface area contributed by atoms with E-state index in [0.29, 0.717) is 24.8 Å². The number of amides is 2. The van der Waals surface area contributed by atoms with E-state index in [0.717, 1.165) is 30.0 Å². The normalized spacial score (nSPS) is 14.3. The number of para-hydroxylation sites is 2. The molecule has 126 valence electrons. The molecule has 2 aromatic rings. The minimum atomic E-state index is -0.240. The van der Waals surface area contributed by atoms with Crippen molar-refractivity contribution in [2.45, 2.75) is 6.54 Å². The van der Waals surface area contributed by atoms with Crippen LogP contribution in [0.1, 0.15) is 5.56 Å². The van der Waals surface area contributed by atoms with Crippen molar-refractivity contribution in [2.24, 2.45) is 0 Å². The highest BCUT2D eigenvalue weighted by Crippen LogP contribution is 2.26. The molecule has 0 radical (unpaired) electrons. The maximum Gasteiger partial charge on any atom is 0.319 e. The Kier molecular flexibility index (Phi) is 5.56. The van der Waals surface area contributed by atoms with Gasteiger partial charge in [-0.25, -0.2) is 4.79 Å². The lowest BCUT2D eigenvalue weighted by Crippen LogP contribution is -2.37. The van der Waals surface area contributed by atoms with Crippen LogP contribution in [0.25, 0.3) is 0 Å². The summed E-state index contributed by atoms with van der Waals surface area (Å²) >= 11 is 5.95. The van der Waals surface area contributed by atoms with E-state index in [-0.39, 0.29) is 6.03 Å². The number of carbonyl (C=O) groups is 1. The molecule has 3 rings (SSSR count). The lowest BCUT2D eigenvalue weighted by molar-refractivity contribution is 0.123. The van der Waals surface area contributed by atoms with E-state index in [2.05, 4.69) is 15.5 Å². The molecule has 0 aromatic heterocycles. The average Bonchev–Trinajstić information content (AvgIpc) is 2.61. The number of hydrogen-bond acceptors (Lipinski definition) is 3. The summed E-state index contributed by atoms with van der Waals surface area (Å²) in [6, 6.07) is 15.0. The summed E-state index contributed by atoms with van der Waals surface area (Å²) in [5.74, 6) is 0. The molecular weight excluding hydrogens is 326 g/mol. The van der Waals surface area contributed by atoms with Gasteiger partial charge in [0.05, 0.1) is 24.6 Å². The number of nitrogens with one attached hydrogen (secondary N) is 2. The molecule has 0 aliphatic carbocycles. The molecule has 6 heteroatoms. The number of nitrogens with zero attached hydrogens (tertiary/aromatic N) is 1. The van der Waals surface area contributed by atoms with E-state index < -0.39 is 0 Å². The molecule has 0 atom stereocenters. The van der Waals surface area contributed by atoms with Crippen LogP contribution in [0, 0.1) is 0 Å². The van der Waals surface area contributed by atoms with E-state index in [9.17, 15) is 4.79 Å². The van der Waals surface area contributed by atoms with Crippen LogP contribution < -0.4 is 15.5 Å². The molecule has 1 saturated heterocycles. The second kappa shape index (κ2) is 8.04. The van der Waals surface area contributed by atoms with E-state index in [1.807, 2.05) is 48.5 Å². The van der Waals surface area contributed by atoms with Crippen LogP contribution in [-0.4, -0.2) is 32.3 Å². The van der Waals surface area contributed by atoms with Crippen LogP contribution in [0.3, 0.4) is 0 Å². The maximum absolute atomic E-state index is 12.2. The first-order valence-corrected chi connectivity index (χ1v) is 8.31. The van der Waals surface area contributed by atoms with E-state index in [4.69, 9.17) is 16.3 Å². The van der Waals surface area contributed by atoms with Crippen LogP contribution in [0.2, 0.25) is 5.02 Å². The third-order valence-electron chi connectivity index (χ3n) is 3.85. The molecule has 5 nitrogen and oxygen atoms in total. The van der Waals surface area contributed by atoms with Gasteiger partial charge in [-0.2, -0.15) is 0 Å². The van der Waals surface area contributed by atoms with Crippen LogP contribution in [0.5, 0.6) is 0 Å². The molecule has 1 heterocycles. The van der Waals surface area contributed by atoms with Gasteiger partial charge < -0.3 is 20.3 Å². The predicted octanol–water partition coefficient (Wildman–Crippen LogP) is 3.50. The number of carbonyl (C=O) groups excluding carboxylic acids is 1. The van der Waals surface area contributed by atoms with Gasteiger partial charge in [-0.3, -0.25) is 0 Å². The number of morpholine rings is 1. The first-order chi connectivity index (χ1) is 11.7. The number of benzene rings is 2. The molecule has 0 spiro atoms. The van der Waals surface area contributed by atoms with Crippen LogP contribution >= 0.6 is 11.6 Å². The molecule has 0 saturated carbocycles. The van der Waals surface area contributed by atoms with Gasteiger partial charge in [-0.1, -0.05) is 35.9 Å². The Morgan fingerprint density at radius 1 is 1.12 bits per heavy atom. The molecule has 24 heavy (non-hydrogen) atoms. The minimum Gasteiger partial charge on any atom is -0.378 e. The monoisotopic (exact) mass is 345 g/mol. The van der Waals surface area contributed by atoms with Crippen molar-refractivity contribution in [3.8, 4) is 0 Å². The quantitative estimate of drug-likeness (QED) is 0.891. The third kappa shape index (κ3) is 4.40. The molecule has 2 amide bonds. The Bertz CT molecular complexity index is 702. The first kappa shape index (κ1) is 16.6. The SMILES string of the molecule is O=C(NCc1cccc(Cl)c1)Nc1ccccc1N1CCOCC1. The summed E-state index contributed by atoms with van der Waals surface area (Å²) in [7, 11) is 0. The van der Waals surface area contributed by atoms with Gasteiger partial charge >= 0.3 is 6.03 Å². The highest BCUT2D eigenvalue weighted by molar-refractivity contribution is 6.30. The number of rotatable bonds is 4. The van der Waals surface area contributed by atoms with Gasteiger partial charge in [0, 0.05) is 24.7 Å². The van der Waals surface area contributed by atoms with Crippen molar-refractivity contribution in [3.63, 3.8) is 0 Å². The van der Waals surface area contributed by atoms with Crippen molar-refractivity contribution in [1.29, 1.82) is 0 Å². The fraction of sp³-hybridized carbons (Fsp3) is 0.278. The highest BCUT2D eigenvalue weighted by Gasteiger charge is 2.15. The number of hydrogen-bond donors (Lipinski definition) is 2. The van der Waals surface area contributed by atoms with Crippen molar-refractivity contribution in [2.75, 3.05) is 36.5 Å². The van der Waals surface area contributed by atoms with E-state index in [1.54, 1.807) is 0 Å².